The minimum Gasteiger partial charge on any atom is -0.494 e. The van der Waals surface area contributed by atoms with Crippen LogP contribution in [0.25, 0.3) is 0 Å². The van der Waals surface area contributed by atoms with E-state index in [-0.39, 0.29) is 17.1 Å². The van der Waals surface area contributed by atoms with E-state index in [1.165, 1.54) is 32.8 Å². The Morgan fingerprint density at radius 3 is 2.43 bits per heavy atom. The zero-order valence-electron chi connectivity index (χ0n) is 12.5. The fraction of sp³-hybridized carbons (Fsp3) is 0.562. The van der Waals surface area contributed by atoms with Crippen molar-refractivity contribution in [3.63, 3.8) is 0 Å². The number of methoxy groups -OCH3 is 2. The van der Waals surface area contributed by atoms with Gasteiger partial charge in [0.2, 0.25) is 5.91 Å². The number of amides is 1. The van der Waals surface area contributed by atoms with Gasteiger partial charge in [0.25, 0.3) is 0 Å². The molecule has 1 aromatic carbocycles. The zero-order chi connectivity index (χ0) is 15.2. The number of nitrogens with one attached hydrogen (secondary N) is 1. The highest BCUT2D eigenvalue weighted by Gasteiger charge is 2.54. The first kappa shape index (κ1) is 14.2. The van der Waals surface area contributed by atoms with Crippen molar-refractivity contribution < 1.29 is 18.7 Å². The molecule has 2 fully saturated rings. The molecular formula is C16H20FNO3. The third-order valence-electron chi connectivity index (χ3n) is 4.76. The summed E-state index contributed by atoms with van der Waals surface area (Å²) in [5.41, 5.74) is -0.00256. The van der Waals surface area contributed by atoms with Crippen LogP contribution in [0.2, 0.25) is 0 Å². The van der Waals surface area contributed by atoms with E-state index in [0.717, 1.165) is 12.8 Å². The second-order valence-electron chi connectivity index (χ2n) is 6.37. The molecule has 0 spiro atoms. The summed E-state index contributed by atoms with van der Waals surface area (Å²) in [6, 6.07) is 2.69. The summed E-state index contributed by atoms with van der Waals surface area (Å²) in [6.07, 6.45) is 3.10. The number of carbonyl (C=O) groups excluding carboxylic acids is 1. The van der Waals surface area contributed by atoms with Crippen LogP contribution in [-0.4, -0.2) is 20.1 Å². The van der Waals surface area contributed by atoms with Crippen molar-refractivity contribution in [3.05, 3.63) is 17.9 Å². The molecule has 1 aromatic rings. The van der Waals surface area contributed by atoms with E-state index in [2.05, 4.69) is 5.32 Å². The largest absolute Gasteiger partial charge is 0.494 e. The number of benzene rings is 1. The van der Waals surface area contributed by atoms with Gasteiger partial charge in [0.15, 0.2) is 11.6 Å². The van der Waals surface area contributed by atoms with Crippen molar-refractivity contribution in [2.45, 2.75) is 26.2 Å². The Bertz CT molecular complexity index is 577. The van der Waals surface area contributed by atoms with Crippen LogP contribution >= 0.6 is 0 Å². The summed E-state index contributed by atoms with van der Waals surface area (Å²) in [4.78, 5) is 12.5. The van der Waals surface area contributed by atoms with Crippen molar-refractivity contribution in [3.8, 4) is 11.5 Å². The third-order valence-corrected chi connectivity index (χ3v) is 4.76. The standard InChI is InChI=1S/C16H20FNO3/c1-16(7-9-4-10(9)8-16)15(19)18-12-5-11(17)13(20-2)6-14(12)21-3/h5-6,9-10H,4,7-8H2,1-3H3,(H,18,19). The van der Waals surface area contributed by atoms with Gasteiger partial charge in [0.05, 0.1) is 19.9 Å². The molecule has 0 heterocycles. The first-order valence-corrected chi connectivity index (χ1v) is 7.20. The highest BCUT2D eigenvalue weighted by atomic mass is 19.1. The van der Waals surface area contributed by atoms with Gasteiger partial charge in [0.1, 0.15) is 5.75 Å². The molecule has 0 radical (unpaired) electrons. The molecule has 0 aromatic heterocycles. The Morgan fingerprint density at radius 1 is 1.24 bits per heavy atom. The molecule has 1 amide bonds. The van der Waals surface area contributed by atoms with Gasteiger partial charge < -0.3 is 14.8 Å². The van der Waals surface area contributed by atoms with Crippen LogP contribution in [0.1, 0.15) is 26.2 Å². The maximum atomic E-state index is 13.8. The molecule has 5 heteroatoms. The van der Waals surface area contributed by atoms with Crippen LogP contribution in [0.4, 0.5) is 10.1 Å². The molecule has 2 atom stereocenters. The Kier molecular flexibility index (Phi) is 3.30. The monoisotopic (exact) mass is 293 g/mol. The lowest BCUT2D eigenvalue weighted by molar-refractivity contribution is -0.125. The third kappa shape index (κ3) is 2.45. The van der Waals surface area contributed by atoms with E-state index in [1.807, 2.05) is 6.92 Å². The number of ether oxygens (including phenoxy) is 2. The van der Waals surface area contributed by atoms with Crippen molar-refractivity contribution in [1.82, 2.24) is 0 Å². The van der Waals surface area contributed by atoms with E-state index < -0.39 is 5.82 Å². The first-order valence-electron chi connectivity index (χ1n) is 7.20. The number of hydrogen-bond donors (Lipinski definition) is 1. The predicted octanol–water partition coefficient (Wildman–Crippen LogP) is 3.22. The van der Waals surface area contributed by atoms with E-state index in [0.29, 0.717) is 23.3 Å². The van der Waals surface area contributed by atoms with Gasteiger partial charge in [-0.3, -0.25) is 4.79 Å². The van der Waals surface area contributed by atoms with Gasteiger partial charge in [-0.15, -0.1) is 0 Å². The Balaban J connectivity index is 1.80. The zero-order valence-corrected chi connectivity index (χ0v) is 12.5. The molecule has 2 saturated carbocycles. The second kappa shape index (κ2) is 4.90. The summed E-state index contributed by atoms with van der Waals surface area (Å²) < 4.78 is 24.0. The van der Waals surface area contributed by atoms with Gasteiger partial charge in [-0.1, -0.05) is 6.92 Å². The van der Waals surface area contributed by atoms with Gasteiger partial charge in [-0.2, -0.15) is 0 Å². The van der Waals surface area contributed by atoms with Crippen molar-refractivity contribution in [2.24, 2.45) is 17.3 Å². The number of hydrogen-bond acceptors (Lipinski definition) is 3. The molecule has 2 aliphatic rings. The number of fused-ring (bicyclic) bond motifs is 1. The average Bonchev–Trinajstić information content (AvgIpc) is 3.07. The van der Waals surface area contributed by atoms with E-state index >= 15 is 0 Å². The maximum Gasteiger partial charge on any atom is 0.230 e. The van der Waals surface area contributed by atoms with Crippen LogP contribution in [0, 0.1) is 23.1 Å². The number of halogens is 1. The van der Waals surface area contributed by atoms with Crippen LogP contribution < -0.4 is 14.8 Å². The molecule has 3 rings (SSSR count). The van der Waals surface area contributed by atoms with Crippen molar-refractivity contribution in [2.75, 3.05) is 19.5 Å². The summed E-state index contributed by atoms with van der Waals surface area (Å²) in [7, 11) is 2.87. The molecule has 4 nitrogen and oxygen atoms in total. The highest BCUT2D eigenvalue weighted by molar-refractivity contribution is 5.96. The second-order valence-corrected chi connectivity index (χ2v) is 6.37. The molecule has 1 N–H and O–H groups in total. The normalized spacial score (nSPS) is 29.7. The summed E-state index contributed by atoms with van der Waals surface area (Å²) in [5, 5.41) is 2.82. The van der Waals surface area contributed by atoms with E-state index in [9.17, 15) is 9.18 Å². The minimum absolute atomic E-state index is 0.0578. The topological polar surface area (TPSA) is 47.6 Å². The lowest BCUT2D eigenvalue weighted by atomic mass is 9.84. The fourth-order valence-electron chi connectivity index (χ4n) is 3.47. The van der Waals surface area contributed by atoms with Crippen LogP contribution in [0.5, 0.6) is 11.5 Å². The van der Waals surface area contributed by atoms with Crippen LogP contribution in [0.3, 0.4) is 0 Å². The lowest BCUT2D eigenvalue weighted by Gasteiger charge is -2.25. The molecular weight excluding hydrogens is 273 g/mol. The molecule has 2 aliphatic carbocycles. The molecule has 0 aliphatic heterocycles. The van der Waals surface area contributed by atoms with Gasteiger partial charge >= 0.3 is 0 Å². The Morgan fingerprint density at radius 2 is 1.86 bits per heavy atom. The van der Waals surface area contributed by atoms with Gasteiger partial charge in [-0.25, -0.2) is 4.39 Å². The smallest absolute Gasteiger partial charge is 0.230 e. The Labute approximate surface area is 123 Å². The molecule has 0 bridgehead atoms. The van der Waals surface area contributed by atoms with Gasteiger partial charge in [-0.05, 0) is 31.1 Å². The Hall–Kier alpha value is -1.78. The molecule has 0 saturated heterocycles. The fourth-order valence-corrected chi connectivity index (χ4v) is 3.47. The minimum atomic E-state index is -0.520. The van der Waals surface area contributed by atoms with Gasteiger partial charge in [0, 0.05) is 17.5 Å². The van der Waals surface area contributed by atoms with Crippen LogP contribution in [-0.2, 0) is 4.79 Å². The highest BCUT2D eigenvalue weighted by Crippen LogP contribution is 2.60. The van der Waals surface area contributed by atoms with Crippen molar-refractivity contribution >= 4 is 11.6 Å². The maximum absolute atomic E-state index is 13.8. The molecule has 114 valence electrons. The molecule has 21 heavy (non-hydrogen) atoms. The number of rotatable bonds is 4. The van der Waals surface area contributed by atoms with Crippen molar-refractivity contribution in [1.29, 1.82) is 0 Å². The number of carbonyl (C=O) groups is 1. The quantitative estimate of drug-likeness (QED) is 0.927. The summed E-state index contributed by atoms with van der Waals surface area (Å²) in [6.45, 7) is 1.99. The summed E-state index contributed by atoms with van der Waals surface area (Å²) in [5.74, 6) is 1.32. The first-order chi connectivity index (χ1) is 9.96. The van der Waals surface area contributed by atoms with E-state index in [1.54, 1.807) is 0 Å². The average molecular weight is 293 g/mol. The lowest BCUT2D eigenvalue weighted by Crippen LogP contribution is -2.32. The predicted molar refractivity (Wildman–Crippen MR) is 77.1 cm³/mol. The molecule has 2 unspecified atom stereocenters. The van der Waals surface area contributed by atoms with E-state index in [4.69, 9.17) is 9.47 Å². The summed E-state index contributed by atoms with van der Waals surface area (Å²) >= 11 is 0. The van der Waals surface area contributed by atoms with Crippen LogP contribution in [0.15, 0.2) is 12.1 Å². The number of anilines is 1. The SMILES string of the molecule is COc1cc(OC)c(NC(=O)C2(C)CC3CC3C2)cc1F.